The van der Waals surface area contributed by atoms with Crippen LogP contribution >= 0.6 is 0 Å². The number of halogens is 3. The molecule has 0 aliphatic heterocycles. The van der Waals surface area contributed by atoms with Crippen LogP contribution in [0, 0.1) is 0 Å². The summed E-state index contributed by atoms with van der Waals surface area (Å²) in [7, 11) is 1.54. The highest BCUT2D eigenvalue weighted by atomic mass is 19.4. The van der Waals surface area contributed by atoms with Gasteiger partial charge in [-0.1, -0.05) is 18.5 Å². The minimum Gasteiger partial charge on any atom is -0.384 e. The van der Waals surface area contributed by atoms with Gasteiger partial charge in [-0.2, -0.15) is 18.2 Å². The number of pyridine rings is 2. The van der Waals surface area contributed by atoms with Gasteiger partial charge in [-0.05, 0) is 30.7 Å². The van der Waals surface area contributed by atoms with Crippen molar-refractivity contribution in [1.29, 1.82) is 0 Å². The molecule has 0 aromatic carbocycles. The molecule has 3 aromatic rings. The molecule has 8 nitrogen and oxygen atoms in total. The third-order valence-corrected chi connectivity index (χ3v) is 4.57. The summed E-state index contributed by atoms with van der Waals surface area (Å²) >= 11 is 0. The highest BCUT2D eigenvalue weighted by Crippen LogP contribution is 2.30. The average molecular weight is 449 g/mol. The van der Waals surface area contributed by atoms with Crippen molar-refractivity contribution >= 4 is 11.6 Å². The van der Waals surface area contributed by atoms with Gasteiger partial charge in [0, 0.05) is 25.4 Å². The number of aromatic nitrogens is 4. The van der Waals surface area contributed by atoms with Crippen LogP contribution in [0.4, 0.5) is 18.9 Å². The maximum absolute atomic E-state index is 12.7. The molecule has 0 saturated carbocycles. The molecular formula is C21H22F3N5O3. The topological polar surface area (TPSA) is 94.2 Å². The molecule has 0 aliphatic rings. The van der Waals surface area contributed by atoms with Crippen molar-refractivity contribution in [2.45, 2.75) is 32.4 Å². The van der Waals surface area contributed by atoms with E-state index in [0.29, 0.717) is 35.8 Å². The molecular weight excluding hydrogens is 427 g/mol. The number of carbonyl (C=O) groups excluding carboxylic acids is 1. The third-order valence-electron chi connectivity index (χ3n) is 4.57. The first-order chi connectivity index (χ1) is 15.3. The van der Waals surface area contributed by atoms with E-state index in [1.807, 2.05) is 6.92 Å². The van der Waals surface area contributed by atoms with E-state index < -0.39 is 12.1 Å². The molecule has 0 radical (unpaired) electrons. The molecule has 32 heavy (non-hydrogen) atoms. The summed E-state index contributed by atoms with van der Waals surface area (Å²) in [4.78, 5) is 26.2. The molecule has 3 aromatic heterocycles. The van der Waals surface area contributed by atoms with Crippen molar-refractivity contribution < 1.29 is 27.2 Å². The molecule has 0 saturated heterocycles. The summed E-state index contributed by atoms with van der Waals surface area (Å²) in [5.41, 5.74) is 1.85. The van der Waals surface area contributed by atoms with Crippen molar-refractivity contribution in [1.82, 2.24) is 20.1 Å². The number of alkyl halides is 3. The molecule has 170 valence electrons. The number of ether oxygens (including phenoxy) is 1. The lowest BCUT2D eigenvalue weighted by Gasteiger charge is -2.22. The Morgan fingerprint density at radius 1 is 1.19 bits per heavy atom. The van der Waals surface area contributed by atoms with Crippen molar-refractivity contribution in [2.75, 3.05) is 25.2 Å². The molecule has 3 heterocycles. The Morgan fingerprint density at radius 3 is 2.62 bits per heavy atom. The number of hydrogen-bond donors (Lipinski definition) is 0. The fraction of sp³-hybridized carbons (Fsp3) is 0.381. The number of hydrogen-bond acceptors (Lipinski definition) is 7. The predicted molar refractivity (Wildman–Crippen MR) is 110 cm³/mol. The Morgan fingerprint density at radius 2 is 2.00 bits per heavy atom. The lowest BCUT2D eigenvalue weighted by atomic mass is 10.1. The van der Waals surface area contributed by atoms with Crippen LogP contribution in [0.15, 0.2) is 41.2 Å². The maximum Gasteiger partial charge on any atom is 0.471 e. The Labute approximate surface area is 182 Å². The predicted octanol–water partition coefficient (Wildman–Crippen LogP) is 4.38. The van der Waals surface area contributed by atoms with E-state index in [1.165, 1.54) is 18.3 Å². The van der Waals surface area contributed by atoms with E-state index in [9.17, 15) is 18.0 Å². The zero-order valence-electron chi connectivity index (χ0n) is 17.6. The average Bonchev–Trinajstić information content (AvgIpc) is 3.29. The molecule has 1 amide bonds. The van der Waals surface area contributed by atoms with Gasteiger partial charge in [0.1, 0.15) is 0 Å². The number of amides is 1. The van der Waals surface area contributed by atoms with Gasteiger partial charge in [0.15, 0.2) is 0 Å². The summed E-state index contributed by atoms with van der Waals surface area (Å²) in [6.45, 7) is 2.93. The zero-order valence-corrected chi connectivity index (χ0v) is 17.6. The van der Waals surface area contributed by atoms with Crippen LogP contribution in [0.1, 0.15) is 32.1 Å². The quantitative estimate of drug-likeness (QED) is 0.478. The molecule has 0 spiro atoms. The van der Waals surface area contributed by atoms with Gasteiger partial charge in [0.2, 0.25) is 11.7 Å². The second kappa shape index (κ2) is 10.3. The fourth-order valence-corrected chi connectivity index (χ4v) is 2.90. The molecule has 0 unspecified atom stereocenters. The smallest absolute Gasteiger partial charge is 0.384 e. The van der Waals surface area contributed by atoms with Crippen LogP contribution in [0.25, 0.3) is 22.8 Å². The lowest BCUT2D eigenvalue weighted by Crippen LogP contribution is -2.32. The number of methoxy groups -OCH3 is 1. The van der Waals surface area contributed by atoms with E-state index >= 15 is 0 Å². The highest BCUT2D eigenvalue weighted by molar-refractivity contribution is 5.93. The van der Waals surface area contributed by atoms with Crippen molar-refractivity contribution in [2.24, 2.45) is 0 Å². The van der Waals surface area contributed by atoms with Crippen LogP contribution in [-0.2, 0) is 15.7 Å². The van der Waals surface area contributed by atoms with Crippen molar-refractivity contribution in [3.8, 4) is 22.8 Å². The maximum atomic E-state index is 12.7. The number of rotatable bonds is 9. The summed E-state index contributed by atoms with van der Waals surface area (Å²) in [6.07, 6.45) is 0.308. The number of carbonyl (C=O) groups is 1. The first-order valence-electron chi connectivity index (χ1n) is 9.96. The Kier molecular flexibility index (Phi) is 7.52. The van der Waals surface area contributed by atoms with Gasteiger partial charge >= 0.3 is 12.1 Å². The Balaban J connectivity index is 1.82. The molecule has 0 N–H and O–H groups in total. The summed E-state index contributed by atoms with van der Waals surface area (Å²) in [5.74, 6) is -1.68. The number of unbranched alkanes of at least 4 members (excludes halogenated alkanes) is 1. The molecule has 0 aliphatic carbocycles. The summed E-state index contributed by atoms with van der Waals surface area (Å²) in [6, 6.07) is 6.45. The lowest BCUT2D eigenvalue weighted by molar-refractivity contribution is -0.159. The molecule has 0 bridgehead atoms. The zero-order chi connectivity index (χ0) is 23.1. The molecule has 0 atom stereocenters. The normalized spacial score (nSPS) is 11.5. The number of nitrogens with zero attached hydrogens (tertiary/aromatic N) is 5. The van der Waals surface area contributed by atoms with Gasteiger partial charge in [0.05, 0.1) is 36.3 Å². The molecule has 0 fully saturated rings. The fourth-order valence-electron chi connectivity index (χ4n) is 2.90. The van der Waals surface area contributed by atoms with E-state index in [1.54, 1.807) is 30.3 Å². The van der Waals surface area contributed by atoms with E-state index in [0.717, 1.165) is 12.8 Å². The number of anilines is 1. The van der Waals surface area contributed by atoms with Crippen LogP contribution in [0.5, 0.6) is 0 Å². The SMILES string of the molecule is CCCCN(C(=O)CCOC)c1ccc(-c2cc(-c3noc(C(F)(F)F)n3)ccn2)nc1. The molecule has 11 heteroatoms. The largest absolute Gasteiger partial charge is 0.471 e. The Hall–Kier alpha value is -3.34. The summed E-state index contributed by atoms with van der Waals surface area (Å²) < 4.78 is 47.4. The van der Waals surface area contributed by atoms with Crippen LogP contribution in [0.2, 0.25) is 0 Å². The summed E-state index contributed by atoms with van der Waals surface area (Å²) in [5, 5.41) is 3.39. The molecule has 3 rings (SSSR count). The van der Waals surface area contributed by atoms with Crippen LogP contribution in [0.3, 0.4) is 0 Å². The van der Waals surface area contributed by atoms with E-state index in [4.69, 9.17) is 4.74 Å². The minimum absolute atomic E-state index is 0.0625. The van der Waals surface area contributed by atoms with Gasteiger partial charge in [-0.15, -0.1) is 0 Å². The van der Waals surface area contributed by atoms with Crippen molar-refractivity contribution in [3.63, 3.8) is 0 Å². The monoisotopic (exact) mass is 449 g/mol. The second-order valence-electron chi connectivity index (χ2n) is 6.89. The van der Waals surface area contributed by atoms with E-state index in [2.05, 4.69) is 24.6 Å². The van der Waals surface area contributed by atoms with E-state index in [-0.39, 0.29) is 18.2 Å². The first kappa shape index (κ1) is 23.3. The van der Waals surface area contributed by atoms with Crippen molar-refractivity contribution in [3.05, 3.63) is 42.5 Å². The standard InChI is InChI=1S/C21H22F3N5O3/c1-3-4-10-29(18(30)8-11-31-2)15-5-6-16(26-13-15)17-12-14(7-9-25-17)19-27-20(32-28-19)21(22,23)24/h5-7,9,12-13H,3-4,8,10-11H2,1-2H3. The van der Waals surface area contributed by atoms with Crippen LogP contribution in [-0.4, -0.2) is 46.3 Å². The van der Waals surface area contributed by atoms with Gasteiger partial charge in [-0.25, -0.2) is 0 Å². The van der Waals surface area contributed by atoms with Gasteiger partial charge in [-0.3, -0.25) is 14.8 Å². The van der Waals surface area contributed by atoms with Gasteiger partial charge < -0.3 is 14.2 Å². The second-order valence-corrected chi connectivity index (χ2v) is 6.89. The Bertz CT molecular complexity index is 1040. The van der Waals surface area contributed by atoms with Gasteiger partial charge in [0.25, 0.3) is 0 Å². The minimum atomic E-state index is -4.72. The first-order valence-corrected chi connectivity index (χ1v) is 9.96. The third kappa shape index (κ3) is 5.67. The highest BCUT2D eigenvalue weighted by Gasteiger charge is 2.38. The van der Waals surface area contributed by atoms with Crippen LogP contribution < -0.4 is 4.90 Å².